The van der Waals surface area contributed by atoms with Gasteiger partial charge in [-0.3, -0.25) is 13.8 Å². The number of nitrogens with one attached hydrogen (secondary N) is 1. The summed E-state index contributed by atoms with van der Waals surface area (Å²) >= 11 is 0. The summed E-state index contributed by atoms with van der Waals surface area (Å²) < 4.78 is 45.1. The molecular weight excluding hydrogens is 485 g/mol. The Bertz CT molecular complexity index is 1510. The fourth-order valence-electron chi connectivity index (χ4n) is 5.06. The predicted octanol–water partition coefficient (Wildman–Crippen LogP) is 3.85. The average molecular weight is 513 g/mol. The lowest BCUT2D eigenvalue weighted by Crippen LogP contribution is -2.25. The second-order valence-electron chi connectivity index (χ2n) is 9.53. The van der Waals surface area contributed by atoms with E-state index in [-0.39, 0.29) is 23.8 Å². The van der Waals surface area contributed by atoms with E-state index in [2.05, 4.69) is 15.5 Å². The van der Waals surface area contributed by atoms with Gasteiger partial charge in [-0.25, -0.2) is 4.79 Å². The van der Waals surface area contributed by atoms with Crippen molar-refractivity contribution in [1.82, 2.24) is 29.0 Å². The summed E-state index contributed by atoms with van der Waals surface area (Å²) in [5, 5.41) is 11.0. The van der Waals surface area contributed by atoms with Gasteiger partial charge in [-0.2, -0.15) is 13.2 Å². The van der Waals surface area contributed by atoms with Gasteiger partial charge in [-0.15, -0.1) is 10.2 Å². The van der Waals surface area contributed by atoms with E-state index in [4.69, 9.17) is 0 Å². The lowest BCUT2D eigenvalue weighted by Gasteiger charge is -2.34. The van der Waals surface area contributed by atoms with Crippen LogP contribution in [0.15, 0.2) is 53.8 Å². The van der Waals surface area contributed by atoms with Crippen LogP contribution in [-0.4, -0.2) is 36.7 Å². The lowest BCUT2D eigenvalue weighted by molar-refractivity contribution is -0.136. The highest BCUT2D eigenvalue weighted by Gasteiger charge is 2.35. The summed E-state index contributed by atoms with van der Waals surface area (Å²) in [6.07, 6.45) is 3.37. The molecule has 1 aliphatic rings. The van der Waals surface area contributed by atoms with Crippen LogP contribution in [0.2, 0.25) is 0 Å². The van der Waals surface area contributed by atoms with Crippen molar-refractivity contribution < 1.29 is 18.0 Å². The topological polar surface area (TPSA) is 86.2 Å². The highest BCUT2D eigenvalue weighted by atomic mass is 19.4. The van der Waals surface area contributed by atoms with Gasteiger partial charge in [-0.05, 0) is 60.6 Å². The average Bonchev–Trinajstić information content (AvgIpc) is 3.41. The van der Waals surface area contributed by atoms with E-state index in [0.717, 1.165) is 46.7 Å². The molecule has 5 rings (SSSR count). The number of imidazole rings is 1. The second kappa shape index (κ2) is 9.53. The van der Waals surface area contributed by atoms with Gasteiger partial charge in [0.2, 0.25) is 5.91 Å². The summed E-state index contributed by atoms with van der Waals surface area (Å²) in [7, 11) is 3.44. The quantitative estimate of drug-likeness (QED) is 0.408. The van der Waals surface area contributed by atoms with Gasteiger partial charge in [0.25, 0.3) is 0 Å². The van der Waals surface area contributed by atoms with Crippen molar-refractivity contribution in [2.75, 3.05) is 7.05 Å². The standard InChI is InChI=1S/C26H27F3N6O2/c1-30-22(36)9-8-16-11-18(23(17-5-3-6-17)24-32-31-15-33(24)2)13-19(12-16)35-14-21-20(26(27,28)29)7-4-10-34(21)25(35)37/h4,7,10-15,17,23H,3,5-6,8-9H2,1-2H3,(H,30,36)/t23-/m1/s1. The zero-order valence-electron chi connectivity index (χ0n) is 20.5. The van der Waals surface area contributed by atoms with E-state index in [9.17, 15) is 22.8 Å². The zero-order chi connectivity index (χ0) is 26.3. The number of rotatable bonds is 7. The van der Waals surface area contributed by atoms with E-state index in [1.165, 1.54) is 23.0 Å². The molecule has 3 heterocycles. The van der Waals surface area contributed by atoms with Crippen molar-refractivity contribution in [2.24, 2.45) is 13.0 Å². The number of aryl methyl sites for hydroxylation is 2. The Morgan fingerprint density at radius 3 is 2.65 bits per heavy atom. The molecule has 8 nitrogen and oxygen atoms in total. The van der Waals surface area contributed by atoms with Crippen LogP contribution >= 0.6 is 0 Å². The van der Waals surface area contributed by atoms with E-state index in [0.29, 0.717) is 18.0 Å². The van der Waals surface area contributed by atoms with Crippen LogP contribution in [0.1, 0.15) is 54.1 Å². The molecule has 0 bridgehead atoms. The van der Waals surface area contributed by atoms with Crippen LogP contribution in [0, 0.1) is 5.92 Å². The molecule has 1 saturated carbocycles. The van der Waals surface area contributed by atoms with E-state index < -0.39 is 17.4 Å². The molecule has 0 spiro atoms. The fourth-order valence-corrected chi connectivity index (χ4v) is 5.06. The number of hydrogen-bond acceptors (Lipinski definition) is 4. The Morgan fingerprint density at radius 1 is 1.24 bits per heavy atom. The van der Waals surface area contributed by atoms with Crippen molar-refractivity contribution in [1.29, 1.82) is 0 Å². The minimum atomic E-state index is -4.60. The SMILES string of the molecule is CNC(=O)CCc1cc([C@H](c2nncn2C)C2CCC2)cc(-n2cc3c(C(F)(F)F)cccn3c2=O)c1. The highest BCUT2D eigenvalue weighted by Crippen LogP contribution is 2.43. The van der Waals surface area contributed by atoms with Gasteiger partial charge in [0.05, 0.1) is 16.8 Å². The largest absolute Gasteiger partial charge is 0.418 e. The molecule has 1 amide bonds. The summed E-state index contributed by atoms with van der Waals surface area (Å²) in [6, 6.07) is 7.79. The third kappa shape index (κ3) is 4.65. The van der Waals surface area contributed by atoms with Crippen molar-refractivity contribution in [3.05, 3.63) is 82.1 Å². The number of fused-ring (bicyclic) bond motifs is 1. The van der Waals surface area contributed by atoms with E-state index >= 15 is 0 Å². The Kier molecular flexibility index (Phi) is 6.38. The minimum absolute atomic E-state index is 0.0987. The Morgan fingerprint density at radius 2 is 2.03 bits per heavy atom. The summed E-state index contributed by atoms with van der Waals surface area (Å²) in [4.78, 5) is 25.2. The van der Waals surface area contributed by atoms with Gasteiger partial charge in [-0.1, -0.05) is 12.5 Å². The van der Waals surface area contributed by atoms with Crippen molar-refractivity contribution in [2.45, 2.75) is 44.2 Å². The maximum atomic E-state index is 13.7. The molecule has 0 saturated heterocycles. The molecule has 1 N–H and O–H groups in total. The molecule has 0 unspecified atom stereocenters. The van der Waals surface area contributed by atoms with Crippen molar-refractivity contribution in [3.63, 3.8) is 0 Å². The number of carbonyl (C=O) groups is 1. The molecule has 1 aromatic carbocycles. The number of amides is 1. The number of pyridine rings is 1. The highest BCUT2D eigenvalue weighted by molar-refractivity contribution is 5.75. The fraction of sp³-hybridized carbons (Fsp3) is 0.385. The van der Waals surface area contributed by atoms with Crippen LogP contribution in [0.3, 0.4) is 0 Å². The summed E-state index contributed by atoms with van der Waals surface area (Å²) in [6.45, 7) is 0. The van der Waals surface area contributed by atoms with Gasteiger partial charge in [0.1, 0.15) is 12.2 Å². The van der Waals surface area contributed by atoms with Crippen LogP contribution in [-0.2, 0) is 24.4 Å². The monoisotopic (exact) mass is 512 g/mol. The number of aromatic nitrogens is 5. The molecule has 0 radical (unpaired) electrons. The Labute approximate surface area is 210 Å². The first-order valence-electron chi connectivity index (χ1n) is 12.2. The number of nitrogens with zero attached hydrogens (tertiary/aromatic N) is 5. The first-order valence-corrected chi connectivity index (χ1v) is 12.2. The molecule has 37 heavy (non-hydrogen) atoms. The molecule has 1 fully saturated rings. The molecule has 4 aromatic rings. The normalized spacial score (nSPS) is 15.1. The molecule has 11 heteroatoms. The van der Waals surface area contributed by atoms with Crippen LogP contribution in [0.4, 0.5) is 13.2 Å². The van der Waals surface area contributed by atoms with Crippen LogP contribution in [0.25, 0.3) is 11.2 Å². The summed E-state index contributed by atoms with van der Waals surface area (Å²) in [5.41, 5.74) is 0.436. The molecule has 1 aliphatic carbocycles. The van der Waals surface area contributed by atoms with Crippen molar-refractivity contribution in [3.8, 4) is 5.69 Å². The first-order chi connectivity index (χ1) is 17.7. The number of carbonyl (C=O) groups excluding carboxylic acids is 1. The molecule has 194 valence electrons. The smallest absolute Gasteiger partial charge is 0.359 e. The van der Waals surface area contributed by atoms with Gasteiger partial charge in [0.15, 0.2) is 0 Å². The number of alkyl halides is 3. The van der Waals surface area contributed by atoms with E-state index in [1.807, 2.05) is 23.7 Å². The lowest BCUT2D eigenvalue weighted by atomic mass is 9.72. The van der Waals surface area contributed by atoms with Gasteiger partial charge >= 0.3 is 11.9 Å². The van der Waals surface area contributed by atoms with E-state index in [1.54, 1.807) is 19.4 Å². The number of hydrogen-bond donors (Lipinski definition) is 1. The third-order valence-electron chi connectivity index (χ3n) is 7.21. The maximum Gasteiger partial charge on any atom is 0.418 e. The Balaban J connectivity index is 1.68. The first kappa shape index (κ1) is 24.8. The second-order valence-corrected chi connectivity index (χ2v) is 9.53. The Hall–Kier alpha value is -3.89. The van der Waals surface area contributed by atoms with Gasteiger partial charge < -0.3 is 9.88 Å². The minimum Gasteiger partial charge on any atom is -0.359 e. The maximum absolute atomic E-state index is 13.7. The van der Waals surface area contributed by atoms with Crippen molar-refractivity contribution >= 4 is 11.4 Å². The number of benzene rings is 1. The summed E-state index contributed by atoms with van der Waals surface area (Å²) in [5.74, 6) is 0.885. The molecule has 1 atom stereocenters. The van der Waals surface area contributed by atoms with Crippen LogP contribution in [0.5, 0.6) is 0 Å². The molecule has 0 aliphatic heterocycles. The molecular formula is C26H27F3N6O2. The van der Waals surface area contributed by atoms with Gasteiger partial charge in [0, 0.05) is 38.8 Å². The third-order valence-corrected chi connectivity index (χ3v) is 7.21. The zero-order valence-corrected chi connectivity index (χ0v) is 20.5. The molecule has 3 aromatic heterocycles. The van der Waals surface area contributed by atoms with Crippen LogP contribution < -0.4 is 11.0 Å². The number of halogens is 3. The predicted molar refractivity (Wildman–Crippen MR) is 131 cm³/mol.